The van der Waals surface area contributed by atoms with Gasteiger partial charge in [-0.15, -0.1) is 0 Å². The molecule has 0 saturated heterocycles. The van der Waals surface area contributed by atoms with Crippen LogP contribution in [0.4, 0.5) is 5.69 Å². The summed E-state index contributed by atoms with van der Waals surface area (Å²) in [4.78, 5) is 0. The van der Waals surface area contributed by atoms with Gasteiger partial charge in [0.15, 0.2) is 5.75 Å². The van der Waals surface area contributed by atoms with E-state index in [-0.39, 0.29) is 0 Å². The van der Waals surface area contributed by atoms with Crippen molar-refractivity contribution in [3.8, 4) is 17.2 Å². The first-order valence-corrected chi connectivity index (χ1v) is 5.79. The van der Waals surface area contributed by atoms with Crippen LogP contribution in [0.25, 0.3) is 0 Å². The average Bonchev–Trinajstić information content (AvgIpc) is 2.37. The Bertz CT molecular complexity index is 564. The maximum Gasteiger partial charge on any atom is 0.154 e. The van der Waals surface area contributed by atoms with Crippen LogP contribution in [0.5, 0.6) is 17.2 Å². The zero-order chi connectivity index (χ0) is 13.1. The molecule has 94 valence electrons. The molecule has 2 N–H and O–H groups in total. The summed E-state index contributed by atoms with van der Waals surface area (Å²) in [5.41, 5.74) is 8.79. The van der Waals surface area contributed by atoms with Crippen molar-refractivity contribution < 1.29 is 9.47 Å². The molecule has 2 rings (SSSR count). The first-order chi connectivity index (χ1) is 8.61. The highest BCUT2D eigenvalue weighted by Gasteiger charge is 2.07. The zero-order valence-electron chi connectivity index (χ0n) is 10.9. The molecule has 0 saturated carbocycles. The minimum absolute atomic E-state index is 0.594. The summed E-state index contributed by atoms with van der Waals surface area (Å²) in [7, 11) is 1.62. The molecule has 0 aliphatic rings. The summed E-state index contributed by atoms with van der Waals surface area (Å²) in [6, 6.07) is 11.3. The Labute approximate surface area is 107 Å². The van der Waals surface area contributed by atoms with Crippen LogP contribution < -0.4 is 15.2 Å². The zero-order valence-corrected chi connectivity index (χ0v) is 10.9. The van der Waals surface area contributed by atoms with E-state index in [1.54, 1.807) is 19.2 Å². The first-order valence-electron chi connectivity index (χ1n) is 5.79. The van der Waals surface area contributed by atoms with E-state index in [1.807, 2.05) is 25.1 Å². The molecular weight excluding hydrogens is 226 g/mol. The van der Waals surface area contributed by atoms with Crippen molar-refractivity contribution in [2.45, 2.75) is 13.8 Å². The summed E-state index contributed by atoms with van der Waals surface area (Å²) in [5, 5.41) is 0. The van der Waals surface area contributed by atoms with Crippen LogP contribution in [0.3, 0.4) is 0 Å². The van der Waals surface area contributed by atoms with E-state index in [0.29, 0.717) is 11.4 Å². The SMILES string of the molecule is COc1ccc(N)c(Oc2cccc(C)c2C)c1. The summed E-state index contributed by atoms with van der Waals surface area (Å²) in [6.07, 6.45) is 0. The van der Waals surface area contributed by atoms with E-state index >= 15 is 0 Å². The van der Waals surface area contributed by atoms with E-state index in [0.717, 1.165) is 17.1 Å². The lowest BCUT2D eigenvalue weighted by Crippen LogP contribution is -1.95. The third-order valence-electron chi connectivity index (χ3n) is 3.00. The van der Waals surface area contributed by atoms with Crippen molar-refractivity contribution in [2.24, 2.45) is 0 Å². The van der Waals surface area contributed by atoms with Gasteiger partial charge in [0.25, 0.3) is 0 Å². The van der Waals surface area contributed by atoms with E-state index in [2.05, 4.69) is 13.0 Å². The molecule has 2 aromatic carbocycles. The highest BCUT2D eigenvalue weighted by molar-refractivity contribution is 5.57. The summed E-state index contributed by atoms with van der Waals surface area (Å²) >= 11 is 0. The number of anilines is 1. The molecule has 0 spiro atoms. The molecule has 0 bridgehead atoms. The van der Waals surface area contributed by atoms with Gasteiger partial charge in [-0.3, -0.25) is 0 Å². The Morgan fingerprint density at radius 2 is 1.78 bits per heavy atom. The van der Waals surface area contributed by atoms with Gasteiger partial charge in [0, 0.05) is 6.07 Å². The van der Waals surface area contributed by atoms with Crippen LogP contribution in [-0.4, -0.2) is 7.11 Å². The van der Waals surface area contributed by atoms with Crippen molar-refractivity contribution in [1.82, 2.24) is 0 Å². The smallest absolute Gasteiger partial charge is 0.154 e. The standard InChI is InChI=1S/C15H17NO2/c1-10-5-4-6-14(11(10)2)18-15-9-12(17-3)7-8-13(15)16/h4-9H,16H2,1-3H3. The maximum atomic E-state index is 5.90. The topological polar surface area (TPSA) is 44.5 Å². The van der Waals surface area contributed by atoms with Crippen LogP contribution in [-0.2, 0) is 0 Å². The van der Waals surface area contributed by atoms with Gasteiger partial charge < -0.3 is 15.2 Å². The van der Waals surface area contributed by atoms with Crippen LogP contribution in [0.2, 0.25) is 0 Å². The Kier molecular flexibility index (Phi) is 3.42. The molecule has 3 nitrogen and oxygen atoms in total. The van der Waals surface area contributed by atoms with Gasteiger partial charge in [0.2, 0.25) is 0 Å². The Morgan fingerprint density at radius 3 is 2.50 bits per heavy atom. The molecule has 0 aliphatic heterocycles. The predicted molar refractivity (Wildman–Crippen MR) is 73.4 cm³/mol. The molecule has 0 aromatic heterocycles. The van der Waals surface area contributed by atoms with Gasteiger partial charge in [-0.05, 0) is 43.2 Å². The second-order valence-electron chi connectivity index (χ2n) is 4.20. The lowest BCUT2D eigenvalue weighted by molar-refractivity contribution is 0.409. The van der Waals surface area contributed by atoms with Crippen LogP contribution in [0, 0.1) is 13.8 Å². The number of hydrogen-bond acceptors (Lipinski definition) is 3. The lowest BCUT2D eigenvalue weighted by Gasteiger charge is -2.13. The largest absolute Gasteiger partial charge is 0.497 e. The maximum absolute atomic E-state index is 5.90. The van der Waals surface area contributed by atoms with Gasteiger partial charge >= 0.3 is 0 Å². The second kappa shape index (κ2) is 5.00. The minimum atomic E-state index is 0.594. The molecule has 0 aliphatic carbocycles. The minimum Gasteiger partial charge on any atom is -0.497 e. The second-order valence-corrected chi connectivity index (χ2v) is 4.20. The molecule has 0 atom stereocenters. The normalized spacial score (nSPS) is 10.2. The van der Waals surface area contributed by atoms with Crippen molar-refractivity contribution in [1.29, 1.82) is 0 Å². The third kappa shape index (κ3) is 2.40. The fourth-order valence-corrected chi connectivity index (χ4v) is 1.68. The molecule has 18 heavy (non-hydrogen) atoms. The fourth-order valence-electron chi connectivity index (χ4n) is 1.68. The van der Waals surface area contributed by atoms with E-state index in [1.165, 1.54) is 5.56 Å². The number of nitrogen functional groups attached to an aromatic ring is 1. The summed E-state index contributed by atoms with van der Waals surface area (Å²) in [5.74, 6) is 2.16. The number of nitrogens with two attached hydrogens (primary N) is 1. The Balaban J connectivity index is 2.36. The quantitative estimate of drug-likeness (QED) is 0.836. The third-order valence-corrected chi connectivity index (χ3v) is 3.00. The molecule has 2 aromatic rings. The Hall–Kier alpha value is -2.16. The van der Waals surface area contributed by atoms with Gasteiger partial charge in [-0.1, -0.05) is 12.1 Å². The number of methoxy groups -OCH3 is 1. The molecule has 0 unspecified atom stereocenters. The highest BCUT2D eigenvalue weighted by Crippen LogP contribution is 2.33. The number of aryl methyl sites for hydroxylation is 1. The fraction of sp³-hybridized carbons (Fsp3) is 0.200. The van der Waals surface area contributed by atoms with Crippen molar-refractivity contribution in [3.05, 3.63) is 47.5 Å². The highest BCUT2D eigenvalue weighted by atomic mass is 16.5. The molecule has 0 radical (unpaired) electrons. The van der Waals surface area contributed by atoms with Gasteiger partial charge in [-0.25, -0.2) is 0 Å². The van der Waals surface area contributed by atoms with Gasteiger partial charge in [0.1, 0.15) is 11.5 Å². The average molecular weight is 243 g/mol. The van der Waals surface area contributed by atoms with E-state index in [4.69, 9.17) is 15.2 Å². The van der Waals surface area contributed by atoms with E-state index < -0.39 is 0 Å². The molecule has 3 heteroatoms. The number of rotatable bonds is 3. The molecule has 0 amide bonds. The van der Waals surface area contributed by atoms with Gasteiger partial charge in [0.05, 0.1) is 12.8 Å². The van der Waals surface area contributed by atoms with Crippen molar-refractivity contribution >= 4 is 5.69 Å². The van der Waals surface area contributed by atoms with Crippen molar-refractivity contribution in [3.63, 3.8) is 0 Å². The molecule has 0 heterocycles. The van der Waals surface area contributed by atoms with Crippen LogP contribution >= 0.6 is 0 Å². The van der Waals surface area contributed by atoms with Crippen molar-refractivity contribution in [2.75, 3.05) is 12.8 Å². The monoisotopic (exact) mass is 243 g/mol. The van der Waals surface area contributed by atoms with Crippen LogP contribution in [0.1, 0.15) is 11.1 Å². The summed E-state index contributed by atoms with van der Waals surface area (Å²) in [6.45, 7) is 4.08. The number of benzene rings is 2. The summed E-state index contributed by atoms with van der Waals surface area (Å²) < 4.78 is 11.0. The van der Waals surface area contributed by atoms with E-state index in [9.17, 15) is 0 Å². The first kappa shape index (κ1) is 12.3. The lowest BCUT2D eigenvalue weighted by atomic mass is 10.1. The number of hydrogen-bond donors (Lipinski definition) is 1. The number of ether oxygens (including phenoxy) is 2. The predicted octanol–water partition coefficient (Wildman–Crippen LogP) is 3.69. The molecule has 0 fully saturated rings. The van der Waals surface area contributed by atoms with Crippen LogP contribution in [0.15, 0.2) is 36.4 Å². The Morgan fingerprint density at radius 1 is 1.00 bits per heavy atom. The molecular formula is C15H17NO2. The van der Waals surface area contributed by atoms with Gasteiger partial charge in [-0.2, -0.15) is 0 Å².